The van der Waals surface area contributed by atoms with Crippen molar-refractivity contribution < 1.29 is 13.9 Å². The number of carbonyl (C=O) groups is 1. The first-order valence-corrected chi connectivity index (χ1v) is 13.7. The molecule has 8 heteroatoms. The third-order valence-electron chi connectivity index (χ3n) is 7.00. The summed E-state index contributed by atoms with van der Waals surface area (Å²) in [7, 11) is 0. The quantitative estimate of drug-likeness (QED) is 0.156. The Morgan fingerprint density at radius 1 is 0.884 bits per heavy atom. The number of nitrogens with zero attached hydrogens (tertiary/aromatic N) is 4. The van der Waals surface area contributed by atoms with E-state index in [0.29, 0.717) is 34.9 Å². The molecule has 0 fully saturated rings. The molecule has 0 radical (unpaired) electrons. The molecule has 0 bridgehead atoms. The average Bonchev–Trinajstić information content (AvgIpc) is 3.69. The molecular weight excluding hydrogens is 538 g/mol. The van der Waals surface area contributed by atoms with Gasteiger partial charge in [0, 0.05) is 34.3 Å². The number of aromatic nitrogens is 3. The molecule has 0 aliphatic heterocycles. The summed E-state index contributed by atoms with van der Waals surface area (Å²) in [5.41, 5.74) is 7.81. The fraction of sp³-hybridized carbons (Fsp3) is 0.0286. The second kappa shape index (κ2) is 11.5. The Balaban J connectivity index is 1.06. The van der Waals surface area contributed by atoms with Crippen LogP contribution >= 0.6 is 0 Å². The van der Waals surface area contributed by atoms with Gasteiger partial charge in [-0.1, -0.05) is 66.7 Å². The van der Waals surface area contributed by atoms with Gasteiger partial charge in [0.05, 0.1) is 11.9 Å². The number of hydrogen-bond donors (Lipinski definition) is 1. The van der Waals surface area contributed by atoms with Gasteiger partial charge in [0.15, 0.2) is 5.76 Å². The van der Waals surface area contributed by atoms with Crippen molar-refractivity contribution in [3.8, 4) is 22.9 Å². The van der Waals surface area contributed by atoms with E-state index in [1.807, 2.05) is 109 Å². The van der Waals surface area contributed by atoms with Gasteiger partial charge in [-0.3, -0.25) is 9.78 Å². The molecular formula is C35H25N5O3. The summed E-state index contributed by atoms with van der Waals surface area (Å²) in [4.78, 5) is 17.3. The lowest BCUT2D eigenvalue weighted by atomic mass is 10.1. The number of amides is 1. The molecule has 1 N–H and O–H groups in total. The summed E-state index contributed by atoms with van der Waals surface area (Å²) in [6, 6.07) is 36.5. The highest BCUT2D eigenvalue weighted by Gasteiger charge is 2.16. The Morgan fingerprint density at radius 2 is 1.67 bits per heavy atom. The number of para-hydroxylation sites is 3. The van der Waals surface area contributed by atoms with Crippen molar-refractivity contribution in [2.45, 2.75) is 6.61 Å². The Kier molecular flexibility index (Phi) is 6.91. The predicted molar refractivity (Wildman–Crippen MR) is 166 cm³/mol. The molecule has 0 atom stereocenters. The van der Waals surface area contributed by atoms with E-state index in [1.54, 1.807) is 29.2 Å². The third kappa shape index (κ3) is 5.49. The van der Waals surface area contributed by atoms with Crippen molar-refractivity contribution in [1.82, 2.24) is 20.2 Å². The standard InChI is InChI=1S/C35H25N5O3/c41-35(26-17-15-24(16-18-26)23-42-31-14-6-9-25-10-7-19-36-33(25)31)38-37-21-28-22-40(29-11-2-1-3-12-29)39-34(28)32-20-27-8-4-5-13-30(27)43-32/h1-22H,23H2,(H,38,41)/b37-21+. The molecule has 3 heterocycles. The highest BCUT2D eigenvalue weighted by molar-refractivity contribution is 5.96. The van der Waals surface area contributed by atoms with Crippen molar-refractivity contribution >= 4 is 34.0 Å². The summed E-state index contributed by atoms with van der Waals surface area (Å²) in [5, 5.41) is 11.0. The van der Waals surface area contributed by atoms with E-state index < -0.39 is 0 Å². The van der Waals surface area contributed by atoms with Crippen molar-refractivity contribution in [2.24, 2.45) is 5.10 Å². The maximum atomic E-state index is 12.9. The highest BCUT2D eigenvalue weighted by Crippen LogP contribution is 2.29. The smallest absolute Gasteiger partial charge is 0.271 e. The van der Waals surface area contributed by atoms with Gasteiger partial charge in [-0.15, -0.1) is 0 Å². The molecule has 43 heavy (non-hydrogen) atoms. The Labute approximate surface area is 246 Å². The van der Waals surface area contributed by atoms with Crippen LogP contribution in [0.25, 0.3) is 39.0 Å². The lowest BCUT2D eigenvalue weighted by Crippen LogP contribution is -2.17. The number of furan rings is 1. The lowest BCUT2D eigenvalue weighted by Gasteiger charge is -2.09. The third-order valence-corrected chi connectivity index (χ3v) is 7.00. The Hall–Kier alpha value is -6.02. The maximum absolute atomic E-state index is 12.9. The van der Waals surface area contributed by atoms with E-state index in [9.17, 15) is 4.79 Å². The predicted octanol–water partition coefficient (Wildman–Crippen LogP) is 7.18. The van der Waals surface area contributed by atoms with Crippen LogP contribution in [0.5, 0.6) is 5.75 Å². The first-order valence-electron chi connectivity index (χ1n) is 13.7. The summed E-state index contributed by atoms with van der Waals surface area (Å²) in [5.74, 6) is 0.996. The Bertz CT molecular complexity index is 2040. The van der Waals surface area contributed by atoms with Gasteiger partial charge in [-0.25, -0.2) is 10.1 Å². The second-order valence-corrected chi connectivity index (χ2v) is 9.88. The number of pyridine rings is 1. The molecule has 0 aliphatic carbocycles. The van der Waals surface area contributed by atoms with Gasteiger partial charge in [0.1, 0.15) is 29.2 Å². The fourth-order valence-electron chi connectivity index (χ4n) is 4.82. The van der Waals surface area contributed by atoms with Gasteiger partial charge in [0.25, 0.3) is 5.91 Å². The minimum absolute atomic E-state index is 0.331. The molecule has 1 amide bonds. The van der Waals surface area contributed by atoms with Crippen LogP contribution in [0.3, 0.4) is 0 Å². The van der Waals surface area contributed by atoms with Crippen LogP contribution in [-0.2, 0) is 6.61 Å². The van der Waals surface area contributed by atoms with E-state index in [-0.39, 0.29) is 5.91 Å². The fourth-order valence-corrected chi connectivity index (χ4v) is 4.82. The van der Waals surface area contributed by atoms with Gasteiger partial charge >= 0.3 is 0 Å². The number of rotatable bonds is 8. The summed E-state index contributed by atoms with van der Waals surface area (Å²) < 4.78 is 13.9. The molecule has 3 aromatic heterocycles. The van der Waals surface area contributed by atoms with Crippen molar-refractivity contribution in [2.75, 3.05) is 0 Å². The van der Waals surface area contributed by atoms with Gasteiger partial charge in [0.2, 0.25) is 0 Å². The number of benzene rings is 4. The van der Waals surface area contributed by atoms with E-state index in [2.05, 4.69) is 15.5 Å². The zero-order valence-corrected chi connectivity index (χ0v) is 22.9. The van der Waals surface area contributed by atoms with Gasteiger partial charge in [-0.2, -0.15) is 10.2 Å². The first kappa shape index (κ1) is 25.9. The summed E-state index contributed by atoms with van der Waals surface area (Å²) in [6.45, 7) is 0.353. The first-order chi connectivity index (χ1) is 21.2. The second-order valence-electron chi connectivity index (χ2n) is 9.88. The molecule has 0 unspecified atom stereocenters. The molecule has 208 valence electrons. The molecule has 8 nitrogen and oxygen atoms in total. The molecule has 0 saturated heterocycles. The number of carbonyl (C=O) groups excluding carboxylic acids is 1. The molecule has 0 saturated carbocycles. The molecule has 7 aromatic rings. The van der Waals surface area contributed by atoms with Crippen LogP contribution in [0, 0.1) is 0 Å². The number of ether oxygens (including phenoxy) is 1. The Morgan fingerprint density at radius 3 is 2.53 bits per heavy atom. The molecule has 0 aliphatic rings. The van der Waals surface area contributed by atoms with E-state index in [1.165, 1.54) is 0 Å². The van der Waals surface area contributed by atoms with E-state index in [0.717, 1.165) is 33.1 Å². The van der Waals surface area contributed by atoms with Crippen LogP contribution in [0.1, 0.15) is 21.5 Å². The largest absolute Gasteiger partial charge is 0.487 e. The number of nitrogens with one attached hydrogen (secondary N) is 1. The van der Waals surface area contributed by atoms with Crippen LogP contribution in [0.2, 0.25) is 0 Å². The lowest BCUT2D eigenvalue weighted by molar-refractivity contribution is 0.0955. The summed E-state index contributed by atoms with van der Waals surface area (Å²) >= 11 is 0. The minimum atomic E-state index is -0.331. The molecule has 4 aromatic carbocycles. The van der Waals surface area contributed by atoms with Crippen LogP contribution in [0.15, 0.2) is 137 Å². The van der Waals surface area contributed by atoms with Crippen molar-refractivity contribution in [3.05, 3.63) is 144 Å². The van der Waals surface area contributed by atoms with Crippen LogP contribution in [-0.4, -0.2) is 26.9 Å². The van der Waals surface area contributed by atoms with Gasteiger partial charge in [-0.05, 0) is 54.1 Å². The maximum Gasteiger partial charge on any atom is 0.271 e. The number of fused-ring (bicyclic) bond motifs is 2. The summed E-state index contributed by atoms with van der Waals surface area (Å²) in [6.07, 6.45) is 5.18. The monoisotopic (exact) mass is 563 g/mol. The zero-order chi connectivity index (χ0) is 29.0. The SMILES string of the molecule is O=C(N/N=C/c1cn(-c2ccccc2)nc1-c1cc2ccccc2o1)c1ccc(COc2cccc3cccnc23)cc1. The highest BCUT2D eigenvalue weighted by atomic mass is 16.5. The van der Waals surface area contributed by atoms with E-state index >= 15 is 0 Å². The van der Waals surface area contributed by atoms with Crippen LogP contribution in [0.4, 0.5) is 0 Å². The molecule has 0 spiro atoms. The number of hydrogen-bond acceptors (Lipinski definition) is 6. The number of hydrazone groups is 1. The van der Waals surface area contributed by atoms with Gasteiger partial charge < -0.3 is 9.15 Å². The van der Waals surface area contributed by atoms with E-state index in [4.69, 9.17) is 14.3 Å². The minimum Gasteiger partial charge on any atom is -0.487 e. The van der Waals surface area contributed by atoms with Crippen molar-refractivity contribution in [3.63, 3.8) is 0 Å². The molecule has 7 rings (SSSR count). The normalized spacial score (nSPS) is 11.3. The van der Waals surface area contributed by atoms with Crippen LogP contribution < -0.4 is 10.2 Å². The topological polar surface area (TPSA) is 94.5 Å². The average molecular weight is 564 g/mol. The van der Waals surface area contributed by atoms with Crippen molar-refractivity contribution in [1.29, 1.82) is 0 Å². The zero-order valence-electron chi connectivity index (χ0n) is 22.9.